The van der Waals surface area contributed by atoms with E-state index in [9.17, 15) is 14.4 Å². The predicted octanol–water partition coefficient (Wildman–Crippen LogP) is 1.85. The van der Waals surface area contributed by atoms with Crippen LogP contribution in [-0.2, 0) is 14.4 Å². The fraction of sp³-hybridized carbons (Fsp3) is 0.450. The van der Waals surface area contributed by atoms with Gasteiger partial charge in [-0.05, 0) is 50.2 Å². The average molecular weight is 355 g/mol. The summed E-state index contributed by atoms with van der Waals surface area (Å²) in [7, 11) is 0. The molecule has 0 bridgehead atoms. The van der Waals surface area contributed by atoms with E-state index >= 15 is 0 Å². The number of hydrogen-bond acceptors (Lipinski definition) is 3. The van der Waals surface area contributed by atoms with Crippen LogP contribution in [0.4, 0.5) is 5.69 Å². The largest absolute Gasteiger partial charge is 0.369 e. The zero-order valence-corrected chi connectivity index (χ0v) is 15.0. The molecule has 1 aliphatic carbocycles. The molecule has 0 saturated heterocycles. The normalized spacial score (nSPS) is 24.7. The first-order valence-corrected chi connectivity index (χ1v) is 9.13. The molecule has 3 unspecified atom stereocenters. The summed E-state index contributed by atoms with van der Waals surface area (Å²) in [6.45, 7) is 2.34. The van der Waals surface area contributed by atoms with Crippen LogP contribution >= 0.6 is 0 Å². The van der Waals surface area contributed by atoms with Gasteiger partial charge in [0.1, 0.15) is 0 Å². The van der Waals surface area contributed by atoms with Crippen LogP contribution in [-0.4, -0.2) is 30.3 Å². The lowest BCUT2D eigenvalue weighted by molar-refractivity contribution is -0.138. The zero-order valence-electron chi connectivity index (χ0n) is 15.0. The molecule has 6 nitrogen and oxygen atoms in total. The van der Waals surface area contributed by atoms with Crippen molar-refractivity contribution in [1.29, 1.82) is 0 Å². The van der Waals surface area contributed by atoms with E-state index < -0.39 is 23.6 Å². The number of nitrogens with zero attached hydrogens (tertiary/aromatic N) is 1. The van der Waals surface area contributed by atoms with Gasteiger partial charge in [0, 0.05) is 18.3 Å². The second kappa shape index (κ2) is 7.72. The molecule has 1 heterocycles. The Bertz CT molecular complexity index is 744. The number of carbonyl (C=O) groups excluding carboxylic acids is 3. The third-order valence-corrected chi connectivity index (χ3v) is 5.27. The van der Waals surface area contributed by atoms with Gasteiger partial charge in [-0.25, -0.2) is 0 Å². The highest BCUT2D eigenvalue weighted by molar-refractivity contribution is 6.40. The first-order chi connectivity index (χ1) is 12.5. The Labute approximate surface area is 153 Å². The molecule has 2 aliphatic rings. The van der Waals surface area contributed by atoms with Gasteiger partial charge in [-0.2, -0.15) is 0 Å². The molecule has 26 heavy (non-hydrogen) atoms. The fourth-order valence-corrected chi connectivity index (χ4v) is 3.86. The number of rotatable bonds is 3. The lowest BCUT2D eigenvalue weighted by atomic mass is 9.85. The van der Waals surface area contributed by atoms with Gasteiger partial charge in [-0.1, -0.05) is 30.4 Å². The lowest BCUT2D eigenvalue weighted by Crippen LogP contribution is -2.51. The maximum absolute atomic E-state index is 12.8. The molecule has 1 aromatic rings. The number of benzene rings is 1. The highest BCUT2D eigenvalue weighted by Gasteiger charge is 2.38. The summed E-state index contributed by atoms with van der Waals surface area (Å²) in [6.07, 6.45) is 7.64. The van der Waals surface area contributed by atoms with Crippen molar-refractivity contribution >= 4 is 23.4 Å². The van der Waals surface area contributed by atoms with Crippen molar-refractivity contribution in [1.82, 2.24) is 5.32 Å². The summed E-state index contributed by atoms with van der Waals surface area (Å²) >= 11 is 0. The number of anilines is 1. The number of hydrogen-bond donors (Lipinski definition) is 2. The second-order valence-electron chi connectivity index (χ2n) is 7.13. The van der Waals surface area contributed by atoms with Crippen LogP contribution < -0.4 is 16.0 Å². The van der Waals surface area contributed by atoms with Gasteiger partial charge in [-0.15, -0.1) is 0 Å². The van der Waals surface area contributed by atoms with Gasteiger partial charge in [0.2, 0.25) is 5.91 Å². The van der Waals surface area contributed by atoms with E-state index in [0.717, 1.165) is 19.3 Å². The molecule has 6 heteroatoms. The van der Waals surface area contributed by atoms with E-state index in [1.165, 1.54) is 4.90 Å². The van der Waals surface area contributed by atoms with Crippen molar-refractivity contribution in [2.75, 3.05) is 11.4 Å². The summed E-state index contributed by atoms with van der Waals surface area (Å²) in [5, 5.41) is 2.78. The van der Waals surface area contributed by atoms with Crippen LogP contribution in [0.5, 0.6) is 0 Å². The van der Waals surface area contributed by atoms with Gasteiger partial charge in [0.05, 0.1) is 5.92 Å². The number of allylic oxidation sites excluding steroid dienone is 2. The summed E-state index contributed by atoms with van der Waals surface area (Å²) in [5.74, 6) is -1.66. The van der Waals surface area contributed by atoms with Gasteiger partial charge in [0.15, 0.2) is 0 Å². The molecule has 3 amide bonds. The van der Waals surface area contributed by atoms with Crippen LogP contribution in [0, 0.1) is 5.92 Å². The fourth-order valence-electron chi connectivity index (χ4n) is 3.86. The maximum atomic E-state index is 12.8. The highest BCUT2D eigenvalue weighted by Crippen LogP contribution is 2.38. The molecule has 0 saturated carbocycles. The minimum atomic E-state index is -0.598. The number of carbonyl (C=O) groups is 3. The van der Waals surface area contributed by atoms with Crippen LogP contribution in [0.25, 0.3) is 0 Å². The van der Waals surface area contributed by atoms with Crippen LogP contribution in [0.15, 0.2) is 36.4 Å². The number of nitrogens with one attached hydrogen (secondary N) is 1. The van der Waals surface area contributed by atoms with Crippen molar-refractivity contribution in [3.8, 4) is 0 Å². The Morgan fingerprint density at radius 3 is 2.69 bits per heavy atom. The Balaban J connectivity index is 1.75. The van der Waals surface area contributed by atoms with E-state index in [-0.39, 0.29) is 6.04 Å². The predicted molar refractivity (Wildman–Crippen MR) is 99.4 cm³/mol. The second-order valence-corrected chi connectivity index (χ2v) is 7.13. The smallest absolute Gasteiger partial charge is 0.316 e. The highest BCUT2D eigenvalue weighted by atomic mass is 16.2. The van der Waals surface area contributed by atoms with E-state index in [2.05, 4.69) is 17.5 Å². The topological polar surface area (TPSA) is 92.5 Å². The average Bonchev–Trinajstić information content (AvgIpc) is 2.65. The minimum Gasteiger partial charge on any atom is -0.369 e. The molecule has 138 valence electrons. The number of amides is 3. The van der Waals surface area contributed by atoms with Crippen molar-refractivity contribution in [2.24, 2.45) is 11.7 Å². The van der Waals surface area contributed by atoms with Crippen LogP contribution in [0.2, 0.25) is 0 Å². The van der Waals surface area contributed by atoms with Gasteiger partial charge in [-0.3, -0.25) is 14.4 Å². The lowest BCUT2D eigenvalue weighted by Gasteiger charge is -2.38. The summed E-state index contributed by atoms with van der Waals surface area (Å²) in [6, 6.07) is 6.88. The Kier molecular flexibility index (Phi) is 5.40. The molecular formula is C20H25N3O3. The SMILES string of the molecule is CC1CC(C(N)=O)c2ccccc2N1C(=O)C(=O)NCC1CC=CCC1. The summed E-state index contributed by atoms with van der Waals surface area (Å²) in [5.41, 5.74) is 6.83. The van der Waals surface area contributed by atoms with E-state index in [0.29, 0.717) is 30.1 Å². The molecule has 1 aromatic carbocycles. The van der Waals surface area contributed by atoms with E-state index in [4.69, 9.17) is 5.73 Å². The zero-order chi connectivity index (χ0) is 18.7. The van der Waals surface area contributed by atoms with Crippen molar-refractivity contribution < 1.29 is 14.4 Å². The van der Waals surface area contributed by atoms with E-state index in [1.807, 2.05) is 13.0 Å². The molecule has 0 radical (unpaired) electrons. The molecule has 0 aromatic heterocycles. The molecule has 3 rings (SSSR count). The Hall–Kier alpha value is -2.63. The minimum absolute atomic E-state index is 0.279. The van der Waals surface area contributed by atoms with Gasteiger partial charge >= 0.3 is 11.8 Å². The third kappa shape index (κ3) is 3.64. The third-order valence-electron chi connectivity index (χ3n) is 5.27. The number of para-hydroxylation sites is 1. The quantitative estimate of drug-likeness (QED) is 0.640. The van der Waals surface area contributed by atoms with Crippen LogP contribution in [0.3, 0.4) is 0 Å². The molecule has 1 aliphatic heterocycles. The number of fused-ring (bicyclic) bond motifs is 1. The van der Waals surface area contributed by atoms with Crippen molar-refractivity contribution in [2.45, 2.75) is 44.6 Å². The van der Waals surface area contributed by atoms with Crippen LogP contribution in [0.1, 0.15) is 44.1 Å². The molecule has 3 N–H and O–H groups in total. The molecular weight excluding hydrogens is 330 g/mol. The molecule has 0 spiro atoms. The van der Waals surface area contributed by atoms with Gasteiger partial charge in [0.25, 0.3) is 0 Å². The summed E-state index contributed by atoms with van der Waals surface area (Å²) < 4.78 is 0. The Morgan fingerprint density at radius 2 is 2.00 bits per heavy atom. The molecule has 0 fully saturated rings. The number of nitrogens with two attached hydrogens (primary N) is 1. The maximum Gasteiger partial charge on any atom is 0.316 e. The van der Waals surface area contributed by atoms with Crippen molar-refractivity contribution in [3.05, 3.63) is 42.0 Å². The van der Waals surface area contributed by atoms with Crippen molar-refractivity contribution in [3.63, 3.8) is 0 Å². The molecule has 3 atom stereocenters. The first kappa shape index (κ1) is 18.2. The summed E-state index contributed by atoms with van der Waals surface area (Å²) in [4.78, 5) is 38.5. The number of primary amides is 1. The monoisotopic (exact) mass is 355 g/mol. The first-order valence-electron chi connectivity index (χ1n) is 9.13. The van der Waals surface area contributed by atoms with Gasteiger partial charge < -0.3 is 16.0 Å². The Morgan fingerprint density at radius 1 is 1.23 bits per heavy atom. The van der Waals surface area contributed by atoms with E-state index in [1.54, 1.807) is 18.2 Å². The standard InChI is InChI=1S/C20H25N3O3/c1-13-11-16(18(21)24)15-9-5-6-10-17(15)23(13)20(26)19(25)22-12-14-7-3-2-4-8-14/h2-3,5-6,9-10,13-14,16H,4,7-8,11-12H2,1H3,(H2,21,24)(H,22,25).